The summed E-state index contributed by atoms with van der Waals surface area (Å²) in [5, 5.41) is 8.82. The van der Waals surface area contributed by atoms with Gasteiger partial charge in [0.1, 0.15) is 0 Å². The van der Waals surface area contributed by atoms with Crippen molar-refractivity contribution in [2.24, 2.45) is 0 Å². The normalized spacial score (nSPS) is 12.1. The van der Waals surface area contributed by atoms with Crippen molar-refractivity contribution in [3.63, 3.8) is 0 Å². The van der Waals surface area contributed by atoms with Gasteiger partial charge in [-0.05, 0) is 68.3 Å². The van der Waals surface area contributed by atoms with Gasteiger partial charge in [-0.3, -0.25) is 4.98 Å². The van der Waals surface area contributed by atoms with Crippen molar-refractivity contribution in [1.29, 1.82) is 0 Å². The molecular formula is C43H38IrN2SSi-2. The second-order valence-electron chi connectivity index (χ2n) is 13.4. The molecule has 0 spiro atoms. The van der Waals surface area contributed by atoms with Gasteiger partial charge >= 0.3 is 0 Å². The summed E-state index contributed by atoms with van der Waals surface area (Å²) < 4.78 is 10.9. The first kappa shape index (κ1) is 32.5. The Morgan fingerprint density at radius 1 is 0.792 bits per heavy atom. The minimum atomic E-state index is -1.27. The van der Waals surface area contributed by atoms with E-state index in [1.807, 2.05) is 61.7 Å². The molecule has 3 aromatic heterocycles. The van der Waals surface area contributed by atoms with E-state index in [-0.39, 0.29) is 20.1 Å². The molecule has 0 fully saturated rings. The van der Waals surface area contributed by atoms with Gasteiger partial charge in [0.05, 0.1) is 8.07 Å². The van der Waals surface area contributed by atoms with Crippen molar-refractivity contribution in [2.75, 3.05) is 0 Å². The van der Waals surface area contributed by atoms with Crippen LogP contribution in [0, 0.1) is 19.1 Å². The number of benzene rings is 5. The SMILES string of the molecule is Cc1cc(-c2[c-]cccc2)ncc1[Si](C)(C)C.[2H]C(C)(C)c1ccnc(-c2[c-]c3ccccc3c3c2sc2cc4ccccc4cc23)c1.[Ir]. The van der Waals surface area contributed by atoms with Crippen LogP contribution in [-0.2, 0) is 20.1 Å². The minimum Gasteiger partial charge on any atom is -0.305 e. The van der Waals surface area contributed by atoms with E-state index in [1.54, 1.807) is 0 Å². The van der Waals surface area contributed by atoms with Gasteiger partial charge in [-0.15, -0.1) is 53.4 Å². The van der Waals surface area contributed by atoms with Gasteiger partial charge in [0.25, 0.3) is 0 Å². The van der Waals surface area contributed by atoms with Gasteiger partial charge in [-0.1, -0.05) is 110 Å². The summed E-state index contributed by atoms with van der Waals surface area (Å²) in [6.07, 6.45) is 3.87. The molecule has 3 heterocycles. The molecule has 241 valence electrons. The molecule has 0 aliphatic rings. The topological polar surface area (TPSA) is 25.8 Å². The van der Waals surface area contributed by atoms with Crippen LogP contribution in [0.3, 0.4) is 0 Å². The zero-order chi connectivity index (χ0) is 33.6. The number of nitrogens with zero attached hydrogens (tertiary/aromatic N) is 2. The van der Waals surface area contributed by atoms with E-state index in [0.29, 0.717) is 0 Å². The smallest absolute Gasteiger partial charge is 0.0798 e. The Kier molecular flexibility index (Phi) is 9.40. The fraction of sp³-hybridized carbons (Fsp3) is 0.163. The standard InChI is InChI=1S/C28H20NS.C15H18NSi.Ir/c1-17(2)18-11-12-29-25(15-18)23-14-21-9-5-6-10-22(21)27-24-13-19-7-3-4-8-20(19)16-26(24)30-28(23)27;1-12-10-14(13-8-6-5-7-9-13)16-11-15(12)17(2,3)4;/h3-13,15-17H,1-2H3;5-8,10-11H,1-4H3;/q2*-1;/i17D;;. The molecule has 8 rings (SSSR count). The molecule has 0 N–H and O–H groups in total. The first-order chi connectivity index (χ1) is 23.0. The Bertz CT molecular complexity index is 2440. The van der Waals surface area contributed by atoms with Crippen LogP contribution in [0.5, 0.6) is 0 Å². The number of thiophene rings is 1. The number of rotatable bonds is 4. The quantitative estimate of drug-likeness (QED) is 0.130. The van der Waals surface area contributed by atoms with Crippen molar-refractivity contribution in [2.45, 2.75) is 46.3 Å². The third-order valence-electron chi connectivity index (χ3n) is 8.74. The molecule has 2 nitrogen and oxygen atoms in total. The molecule has 0 unspecified atom stereocenters. The molecule has 5 aromatic carbocycles. The predicted molar refractivity (Wildman–Crippen MR) is 207 cm³/mol. The maximum atomic E-state index is 8.46. The van der Waals surface area contributed by atoms with E-state index in [9.17, 15) is 0 Å². The number of hydrogen-bond donors (Lipinski definition) is 0. The van der Waals surface area contributed by atoms with Crippen molar-refractivity contribution in [3.05, 3.63) is 139 Å². The van der Waals surface area contributed by atoms with Gasteiger partial charge < -0.3 is 4.98 Å². The molecule has 8 aromatic rings. The maximum Gasteiger partial charge on any atom is 0.0798 e. The van der Waals surface area contributed by atoms with Gasteiger partial charge in [-0.25, -0.2) is 0 Å². The van der Waals surface area contributed by atoms with Crippen LogP contribution in [0.25, 0.3) is 64.2 Å². The molecule has 48 heavy (non-hydrogen) atoms. The third kappa shape index (κ3) is 6.66. The second kappa shape index (κ2) is 13.9. The monoisotopic (exact) mass is 836 g/mol. The zero-order valence-electron chi connectivity index (χ0n) is 29.1. The van der Waals surface area contributed by atoms with E-state index < -0.39 is 14.0 Å². The van der Waals surface area contributed by atoms with E-state index in [0.717, 1.165) is 33.5 Å². The van der Waals surface area contributed by atoms with Crippen molar-refractivity contribution < 1.29 is 21.5 Å². The summed E-state index contributed by atoms with van der Waals surface area (Å²) in [5.41, 5.74) is 6.29. The largest absolute Gasteiger partial charge is 0.305 e. The molecule has 5 heteroatoms. The Labute approximate surface area is 303 Å². The number of hydrogen-bond acceptors (Lipinski definition) is 3. The molecule has 0 amide bonds. The fourth-order valence-corrected chi connectivity index (χ4v) is 9.29. The van der Waals surface area contributed by atoms with Crippen molar-refractivity contribution in [1.82, 2.24) is 9.97 Å². The number of aromatic nitrogens is 2. The summed E-state index contributed by atoms with van der Waals surface area (Å²) in [7, 11) is -1.27. The minimum absolute atomic E-state index is 0. The van der Waals surface area contributed by atoms with Crippen LogP contribution in [0.2, 0.25) is 19.6 Å². The average Bonchev–Trinajstić information content (AvgIpc) is 3.45. The van der Waals surface area contributed by atoms with Crippen molar-refractivity contribution >= 4 is 66.3 Å². The Morgan fingerprint density at radius 2 is 1.52 bits per heavy atom. The van der Waals surface area contributed by atoms with Gasteiger partial charge in [0.15, 0.2) is 0 Å². The molecule has 0 bridgehead atoms. The number of pyridine rings is 2. The van der Waals surface area contributed by atoms with E-state index in [1.165, 1.54) is 47.1 Å². The summed E-state index contributed by atoms with van der Waals surface area (Å²) in [6.45, 7) is 13.1. The average molecular weight is 836 g/mol. The maximum absolute atomic E-state index is 8.46. The van der Waals surface area contributed by atoms with Gasteiger partial charge in [0, 0.05) is 44.3 Å². The van der Waals surface area contributed by atoms with Crippen LogP contribution in [0.15, 0.2) is 116 Å². The summed E-state index contributed by atoms with van der Waals surface area (Å²) >= 11 is 1.81. The Morgan fingerprint density at radius 3 is 2.23 bits per heavy atom. The number of fused-ring (bicyclic) bond motifs is 6. The first-order valence-electron chi connectivity index (χ1n) is 16.6. The summed E-state index contributed by atoms with van der Waals surface area (Å²) in [6, 6.07) is 42.7. The Balaban J connectivity index is 0.000000198. The summed E-state index contributed by atoms with van der Waals surface area (Å²) in [5.74, 6) is -0.675. The Hall–Kier alpha value is -3.99. The first-order valence-corrected chi connectivity index (χ1v) is 20.4. The van der Waals surface area contributed by atoms with Crippen LogP contribution < -0.4 is 5.19 Å². The van der Waals surface area contributed by atoms with Crippen LogP contribution in [0.1, 0.15) is 32.2 Å². The van der Waals surface area contributed by atoms with Crippen LogP contribution >= 0.6 is 11.3 Å². The second-order valence-corrected chi connectivity index (χ2v) is 19.5. The van der Waals surface area contributed by atoms with Gasteiger partial charge in [0.2, 0.25) is 0 Å². The van der Waals surface area contributed by atoms with Crippen LogP contribution in [-0.4, -0.2) is 18.0 Å². The number of aryl methyl sites for hydroxylation is 1. The van der Waals surface area contributed by atoms with E-state index in [4.69, 9.17) is 6.35 Å². The van der Waals surface area contributed by atoms with Gasteiger partial charge in [-0.2, -0.15) is 11.3 Å². The van der Waals surface area contributed by atoms with E-state index in [2.05, 4.69) is 123 Å². The predicted octanol–water partition coefficient (Wildman–Crippen LogP) is 11.7. The van der Waals surface area contributed by atoms with Crippen molar-refractivity contribution in [3.8, 4) is 22.5 Å². The molecule has 0 saturated heterocycles. The third-order valence-corrected chi connectivity index (χ3v) is 12.0. The summed E-state index contributed by atoms with van der Waals surface area (Å²) in [4.78, 5) is 9.28. The molecule has 0 aliphatic carbocycles. The van der Waals surface area contributed by atoms with E-state index >= 15 is 0 Å². The van der Waals surface area contributed by atoms with Crippen LogP contribution in [0.4, 0.5) is 0 Å². The molecule has 0 atom stereocenters. The molecule has 1 radical (unpaired) electrons. The zero-order valence-corrected chi connectivity index (χ0v) is 32.3. The molecule has 0 aliphatic heterocycles. The fourth-order valence-electron chi connectivity index (χ4n) is 6.33. The molecule has 0 saturated carbocycles. The molecular weight excluding hydrogens is 797 g/mol.